The van der Waals surface area contributed by atoms with Crippen LogP contribution in [0.4, 0.5) is 5.69 Å². The van der Waals surface area contributed by atoms with Gasteiger partial charge in [0.2, 0.25) is 0 Å². The number of amidine groups is 1. The van der Waals surface area contributed by atoms with Gasteiger partial charge in [-0.1, -0.05) is 28.1 Å². The summed E-state index contributed by atoms with van der Waals surface area (Å²) in [5.74, 6) is -0.0915. The summed E-state index contributed by atoms with van der Waals surface area (Å²) in [5, 5.41) is 3.29. The van der Waals surface area contributed by atoms with Crippen molar-refractivity contribution in [1.82, 2.24) is 5.32 Å². The number of nitrogens with one attached hydrogen (secondary N) is 1. The first-order valence-corrected chi connectivity index (χ1v) is 8.94. The molecule has 5 nitrogen and oxygen atoms in total. The Morgan fingerprint density at radius 2 is 1.84 bits per heavy atom. The van der Waals surface area contributed by atoms with Crippen LogP contribution in [-0.2, 0) is 9.59 Å². The van der Waals surface area contributed by atoms with Crippen molar-refractivity contribution in [3.63, 3.8) is 0 Å². The number of hydrogen-bond donors (Lipinski definition) is 1. The highest BCUT2D eigenvalue weighted by Gasteiger charge is 2.23. The summed E-state index contributed by atoms with van der Waals surface area (Å²) in [5.41, 5.74) is 1.59. The van der Waals surface area contributed by atoms with E-state index in [0.29, 0.717) is 15.8 Å². The maximum Gasteiger partial charge on any atom is 0.308 e. The van der Waals surface area contributed by atoms with Crippen LogP contribution in [0.3, 0.4) is 0 Å². The van der Waals surface area contributed by atoms with Gasteiger partial charge in [0.25, 0.3) is 5.91 Å². The van der Waals surface area contributed by atoms with Crippen molar-refractivity contribution < 1.29 is 14.3 Å². The van der Waals surface area contributed by atoms with Gasteiger partial charge in [0, 0.05) is 11.4 Å². The van der Waals surface area contributed by atoms with Gasteiger partial charge in [0.05, 0.1) is 10.6 Å². The summed E-state index contributed by atoms with van der Waals surface area (Å²) < 4.78 is 5.96. The lowest BCUT2D eigenvalue weighted by atomic mass is 10.2. The number of nitrogens with zero attached hydrogens (tertiary/aromatic N) is 1. The second-order valence-corrected chi connectivity index (χ2v) is 7.07. The molecule has 2 aromatic rings. The molecule has 7 heteroatoms. The number of esters is 1. The number of hydrogen-bond acceptors (Lipinski definition) is 5. The number of aliphatic imine (C=N–C) groups is 1. The van der Waals surface area contributed by atoms with Crippen molar-refractivity contribution in [1.29, 1.82) is 0 Å². The molecule has 0 atom stereocenters. The molecule has 1 saturated heterocycles. The number of thioether (sulfide) groups is 1. The van der Waals surface area contributed by atoms with Gasteiger partial charge in [-0.3, -0.25) is 9.59 Å². The number of benzene rings is 2. The summed E-state index contributed by atoms with van der Waals surface area (Å²) in [7, 11) is 0. The number of halogens is 1. The van der Waals surface area contributed by atoms with Crippen LogP contribution in [0.25, 0.3) is 6.08 Å². The van der Waals surface area contributed by atoms with E-state index in [9.17, 15) is 9.59 Å². The van der Waals surface area contributed by atoms with E-state index in [1.807, 2.05) is 24.3 Å². The van der Waals surface area contributed by atoms with Gasteiger partial charge < -0.3 is 10.1 Å². The lowest BCUT2D eigenvalue weighted by Gasteiger charge is -2.01. The van der Waals surface area contributed by atoms with Gasteiger partial charge in [-0.25, -0.2) is 4.99 Å². The molecular formula is C18H13BrN2O3S. The van der Waals surface area contributed by atoms with Gasteiger partial charge in [-0.2, -0.15) is 0 Å². The standard InChI is InChI=1S/C18H13BrN2O3S/c1-11(22)24-15-8-2-12(3-9-15)10-16-17(23)21-18(25-16)20-14-6-4-13(19)5-7-14/h2-10H,1H3,(H,20,21,23)/b16-10-. The Hall–Kier alpha value is -2.38. The van der Waals surface area contributed by atoms with Gasteiger partial charge in [0.1, 0.15) is 5.75 Å². The fraction of sp³-hybridized carbons (Fsp3) is 0.0556. The van der Waals surface area contributed by atoms with Crippen LogP contribution in [0.15, 0.2) is 62.9 Å². The SMILES string of the molecule is CC(=O)Oc1ccc(/C=C2\SC(=Nc3ccc(Br)cc3)NC2=O)cc1. The lowest BCUT2D eigenvalue weighted by Crippen LogP contribution is -2.19. The summed E-state index contributed by atoms with van der Waals surface area (Å²) >= 11 is 4.65. The first-order chi connectivity index (χ1) is 12.0. The van der Waals surface area contributed by atoms with Crippen LogP contribution in [0.5, 0.6) is 5.75 Å². The molecule has 25 heavy (non-hydrogen) atoms. The average Bonchev–Trinajstić information content (AvgIpc) is 2.90. The number of ether oxygens (including phenoxy) is 1. The second-order valence-electron chi connectivity index (χ2n) is 5.12. The van der Waals surface area contributed by atoms with E-state index in [-0.39, 0.29) is 11.9 Å². The molecule has 1 amide bonds. The van der Waals surface area contributed by atoms with E-state index in [2.05, 4.69) is 26.2 Å². The first kappa shape index (κ1) is 17.4. The monoisotopic (exact) mass is 416 g/mol. The van der Waals surface area contributed by atoms with Gasteiger partial charge in [-0.15, -0.1) is 0 Å². The first-order valence-electron chi connectivity index (χ1n) is 7.33. The minimum atomic E-state index is -0.370. The highest BCUT2D eigenvalue weighted by atomic mass is 79.9. The molecule has 0 unspecified atom stereocenters. The molecule has 0 saturated carbocycles. The molecule has 1 aliphatic heterocycles. The maximum absolute atomic E-state index is 12.1. The summed E-state index contributed by atoms with van der Waals surface area (Å²) in [4.78, 5) is 28.0. The lowest BCUT2D eigenvalue weighted by molar-refractivity contribution is -0.131. The fourth-order valence-corrected chi connectivity index (χ4v) is 3.17. The number of carbonyl (C=O) groups excluding carboxylic acids is 2. The summed E-state index contributed by atoms with van der Waals surface area (Å²) in [6.45, 7) is 1.35. The zero-order chi connectivity index (χ0) is 17.8. The molecule has 1 fully saturated rings. The molecule has 0 bridgehead atoms. The predicted octanol–water partition coefficient (Wildman–Crippen LogP) is 4.27. The second kappa shape index (κ2) is 7.67. The predicted molar refractivity (Wildman–Crippen MR) is 103 cm³/mol. The van der Waals surface area contributed by atoms with E-state index in [4.69, 9.17) is 4.74 Å². The zero-order valence-corrected chi connectivity index (χ0v) is 15.6. The zero-order valence-electron chi connectivity index (χ0n) is 13.2. The maximum atomic E-state index is 12.1. The third-order valence-corrected chi connectivity index (χ3v) is 4.59. The molecule has 3 rings (SSSR count). The Morgan fingerprint density at radius 3 is 2.48 bits per heavy atom. The van der Waals surface area contributed by atoms with Crippen molar-refractivity contribution in [2.24, 2.45) is 4.99 Å². The van der Waals surface area contributed by atoms with Crippen molar-refractivity contribution in [3.8, 4) is 5.75 Å². The van der Waals surface area contributed by atoms with Crippen molar-refractivity contribution in [2.45, 2.75) is 6.92 Å². The topological polar surface area (TPSA) is 67.8 Å². The fourth-order valence-electron chi connectivity index (χ4n) is 2.06. The molecule has 0 aromatic heterocycles. The van der Waals surface area contributed by atoms with Crippen LogP contribution in [0.1, 0.15) is 12.5 Å². The van der Waals surface area contributed by atoms with E-state index < -0.39 is 0 Å². The molecule has 1 heterocycles. The summed E-state index contributed by atoms with van der Waals surface area (Å²) in [6, 6.07) is 14.4. The molecule has 0 aliphatic carbocycles. The molecule has 0 radical (unpaired) electrons. The minimum absolute atomic E-state index is 0.190. The van der Waals surface area contributed by atoms with Crippen LogP contribution in [-0.4, -0.2) is 17.0 Å². The van der Waals surface area contributed by atoms with E-state index in [1.165, 1.54) is 18.7 Å². The molecule has 0 spiro atoms. The van der Waals surface area contributed by atoms with Crippen LogP contribution in [0.2, 0.25) is 0 Å². The Labute approximate surface area is 157 Å². The van der Waals surface area contributed by atoms with Crippen LogP contribution < -0.4 is 10.1 Å². The Kier molecular flexibility index (Phi) is 5.35. The molecule has 1 N–H and O–H groups in total. The summed E-state index contributed by atoms with van der Waals surface area (Å²) in [6.07, 6.45) is 1.77. The number of carbonyl (C=O) groups is 2. The number of rotatable bonds is 3. The van der Waals surface area contributed by atoms with Gasteiger partial charge in [-0.05, 0) is 59.8 Å². The number of amides is 1. The van der Waals surface area contributed by atoms with E-state index >= 15 is 0 Å². The van der Waals surface area contributed by atoms with Crippen LogP contribution in [0, 0.1) is 0 Å². The normalized spacial score (nSPS) is 17.0. The van der Waals surface area contributed by atoms with Gasteiger partial charge >= 0.3 is 5.97 Å². The third-order valence-electron chi connectivity index (χ3n) is 3.15. The van der Waals surface area contributed by atoms with Gasteiger partial charge in [0.15, 0.2) is 5.17 Å². The minimum Gasteiger partial charge on any atom is -0.427 e. The van der Waals surface area contributed by atoms with E-state index in [0.717, 1.165) is 15.7 Å². The Morgan fingerprint density at radius 1 is 1.16 bits per heavy atom. The van der Waals surface area contributed by atoms with Crippen molar-refractivity contribution in [2.75, 3.05) is 0 Å². The highest BCUT2D eigenvalue weighted by molar-refractivity contribution is 9.10. The quantitative estimate of drug-likeness (QED) is 0.460. The van der Waals surface area contributed by atoms with Crippen molar-refractivity contribution >= 4 is 56.5 Å². The molecular weight excluding hydrogens is 404 g/mol. The van der Waals surface area contributed by atoms with Crippen molar-refractivity contribution in [3.05, 3.63) is 63.5 Å². The van der Waals surface area contributed by atoms with E-state index in [1.54, 1.807) is 30.3 Å². The molecule has 126 valence electrons. The largest absolute Gasteiger partial charge is 0.427 e. The Bertz CT molecular complexity index is 874. The molecule has 2 aromatic carbocycles. The smallest absolute Gasteiger partial charge is 0.308 e. The average molecular weight is 417 g/mol. The highest BCUT2D eigenvalue weighted by Crippen LogP contribution is 2.28. The van der Waals surface area contributed by atoms with Crippen LogP contribution >= 0.6 is 27.7 Å². The Balaban J connectivity index is 1.74. The molecule has 1 aliphatic rings. The third kappa shape index (κ3) is 4.80.